The van der Waals surface area contributed by atoms with E-state index in [1.165, 1.54) is 12.1 Å². The first-order valence-electron chi connectivity index (χ1n) is 4.62. The molecule has 3 nitrogen and oxygen atoms in total. The van der Waals surface area contributed by atoms with Crippen LogP contribution in [-0.2, 0) is 4.74 Å². The maximum atomic E-state index is 12.8. The van der Waals surface area contributed by atoms with Gasteiger partial charge in [0.1, 0.15) is 5.82 Å². The third-order valence-electron chi connectivity index (χ3n) is 1.77. The van der Waals surface area contributed by atoms with Crippen LogP contribution in [0.2, 0.25) is 0 Å². The topological polar surface area (TPSA) is 33.3 Å². The van der Waals surface area contributed by atoms with E-state index in [1.54, 1.807) is 13.2 Å². The summed E-state index contributed by atoms with van der Waals surface area (Å²) in [5, 5.41) is 6.38. The smallest absolute Gasteiger partial charge is 0.170 e. The number of anilines is 1. The minimum atomic E-state index is -0.296. The summed E-state index contributed by atoms with van der Waals surface area (Å²) in [4.78, 5) is 0. The minimum absolute atomic E-state index is 0.296. The highest BCUT2D eigenvalue weighted by atomic mass is 79.9. The molecule has 0 radical (unpaired) electrons. The molecule has 6 heteroatoms. The second kappa shape index (κ2) is 6.78. The summed E-state index contributed by atoms with van der Waals surface area (Å²) in [7, 11) is 1.62. The summed E-state index contributed by atoms with van der Waals surface area (Å²) in [5.41, 5.74) is 0.719. The molecule has 0 saturated carbocycles. The van der Waals surface area contributed by atoms with Crippen molar-refractivity contribution in [3.05, 3.63) is 28.5 Å². The van der Waals surface area contributed by atoms with Crippen LogP contribution in [0, 0.1) is 5.82 Å². The number of methoxy groups -OCH3 is 1. The lowest BCUT2D eigenvalue weighted by Gasteiger charge is -2.11. The summed E-state index contributed by atoms with van der Waals surface area (Å²) < 4.78 is 18.3. The molecule has 1 aromatic rings. The predicted molar refractivity (Wildman–Crippen MR) is 70.2 cm³/mol. The van der Waals surface area contributed by atoms with Crippen LogP contribution in [0.25, 0.3) is 0 Å². The van der Waals surface area contributed by atoms with Gasteiger partial charge in [-0.15, -0.1) is 0 Å². The maximum Gasteiger partial charge on any atom is 0.170 e. The highest BCUT2D eigenvalue weighted by Crippen LogP contribution is 2.22. The van der Waals surface area contributed by atoms with Gasteiger partial charge in [-0.3, -0.25) is 0 Å². The van der Waals surface area contributed by atoms with E-state index in [0.29, 0.717) is 22.7 Å². The van der Waals surface area contributed by atoms with Crippen molar-refractivity contribution in [1.29, 1.82) is 0 Å². The normalized spacial score (nSPS) is 9.94. The fourth-order valence-corrected chi connectivity index (χ4v) is 1.69. The van der Waals surface area contributed by atoms with Crippen LogP contribution in [0.1, 0.15) is 0 Å². The molecule has 16 heavy (non-hydrogen) atoms. The third kappa shape index (κ3) is 4.42. The molecule has 0 aliphatic heterocycles. The second-order valence-corrected chi connectivity index (χ2v) is 4.26. The molecule has 0 aliphatic carbocycles. The monoisotopic (exact) mass is 306 g/mol. The Bertz CT molecular complexity index is 376. The van der Waals surface area contributed by atoms with Crippen molar-refractivity contribution in [1.82, 2.24) is 5.32 Å². The van der Waals surface area contributed by atoms with Gasteiger partial charge in [-0.2, -0.15) is 0 Å². The van der Waals surface area contributed by atoms with E-state index in [9.17, 15) is 4.39 Å². The molecule has 0 spiro atoms. The van der Waals surface area contributed by atoms with Crippen LogP contribution in [0.5, 0.6) is 0 Å². The Morgan fingerprint density at radius 3 is 2.94 bits per heavy atom. The number of rotatable bonds is 4. The molecule has 1 rings (SSSR count). The number of halogens is 2. The van der Waals surface area contributed by atoms with Crippen LogP contribution >= 0.6 is 28.1 Å². The van der Waals surface area contributed by atoms with Crippen molar-refractivity contribution >= 4 is 38.9 Å². The van der Waals surface area contributed by atoms with E-state index in [1.807, 2.05) is 0 Å². The highest BCUT2D eigenvalue weighted by molar-refractivity contribution is 9.10. The molecule has 0 heterocycles. The molecular formula is C10H12BrFN2OS. The summed E-state index contributed by atoms with van der Waals surface area (Å²) in [6, 6.07) is 4.36. The number of benzene rings is 1. The van der Waals surface area contributed by atoms with Crippen molar-refractivity contribution < 1.29 is 9.13 Å². The molecule has 88 valence electrons. The average Bonchev–Trinajstić information content (AvgIpc) is 2.23. The largest absolute Gasteiger partial charge is 0.383 e. The third-order valence-corrected chi connectivity index (χ3v) is 2.67. The van der Waals surface area contributed by atoms with E-state index >= 15 is 0 Å². The van der Waals surface area contributed by atoms with Crippen LogP contribution in [0.4, 0.5) is 10.1 Å². The van der Waals surface area contributed by atoms with E-state index < -0.39 is 0 Å². The molecule has 0 saturated heterocycles. The first-order valence-corrected chi connectivity index (χ1v) is 5.82. The van der Waals surface area contributed by atoms with Crippen LogP contribution < -0.4 is 10.6 Å². The van der Waals surface area contributed by atoms with Crippen LogP contribution in [0.3, 0.4) is 0 Å². The Balaban J connectivity index is 2.49. The first-order chi connectivity index (χ1) is 7.63. The van der Waals surface area contributed by atoms with Gasteiger partial charge in [-0.05, 0) is 46.3 Å². The number of thiocarbonyl (C=S) groups is 1. The van der Waals surface area contributed by atoms with E-state index in [0.717, 1.165) is 5.69 Å². The summed E-state index contributed by atoms with van der Waals surface area (Å²) in [6.45, 7) is 1.20. The molecule has 2 N–H and O–H groups in total. The van der Waals surface area contributed by atoms with Gasteiger partial charge in [0, 0.05) is 18.1 Å². The van der Waals surface area contributed by atoms with Crippen molar-refractivity contribution in [2.24, 2.45) is 0 Å². The Labute approximate surface area is 107 Å². The molecule has 0 fully saturated rings. The molecule has 0 amide bonds. The quantitative estimate of drug-likeness (QED) is 0.661. The Kier molecular flexibility index (Phi) is 5.65. The molecular weight excluding hydrogens is 295 g/mol. The summed E-state index contributed by atoms with van der Waals surface area (Å²) in [5.74, 6) is -0.296. The number of ether oxygens (including phenoxy) is 1. The number of nitrogens with one attached hydrogen (secondary N) is 2. The number of hydrogen-bond donors (Lipinski definition) is 2. The van der Waals surface area contributed by atoms with Gasteiger partial charge in [0.2, 0.25) is 0 Å². The lowest BCUT2D eigenvalue weighted by atomic mass is 10.3. The Morgan fingerprint density at radius 1 is 1.56 bits per heavy atom. The maximum absolute atomic E-state index is 12.8. The first kappa shape index (κ1) is 13.3. The number of hydrogen-bond acceptors (Lipinski definition) is 2. The fourth-order valence-electron chi connectivity index (χ4n) is 1.02. The van der Waals surface area contributed by atoms with Crippen molar-refractivity contribution in [2.75, 3.05) is 25.6 Å². The molecule has 0 bridgehead atoms. The van der Waals surface area contributed by atoms with E-state index in [-0.39, 0.29) is 5.82 Å². The molecule has 1 aromatic carbocycles. The molecule has 0 aliphatic rings. The van der Waals surface area contributed by atoms with Crippen LogP contribution in [0.15, 0.2) is 22.7 Å². The molecule has 0 unspecified atom stereocenters. The van der Waals surface area contributed by atoms with E-state index in [4.69, 9.17) is 17.0 Å². The zero-order valence-electron chi connectivity index (χ0n) is 8.72. The zero-order valence-corrected chi connectivity index (χ0v) is 11.1. The predicted octanol–water partition coefficient (Wildman–Crippen LogP) is 2.52. The van der Waals surface area contributed by atoms with Gasteiger partial charge in [-0.1, -0.05) is 0 Å². The molecule has 0 atom stereocenters. The lowest BCUT2D eigenvalue weighted by Crippen LogP contribution is -2.31. The van der Waals surface area contributed by atoms with Gasteiger partial charge in [0.15, 0.2) is 5.11 Å². The van der Waals surface area contributed by atoms with Crippen LogP contribution in [-0.4, -0.2) is 25.4 Å². The van der Waals surface area contributed by atoms with Gasteiger partial charge in [0.05, 0.1) is 12.3 Å². The SMILES string of the molecule is COCCNC(=S)Nc1ccc(F)cc1Br. The van der Waals surface area contributed by atoms with Gasteiger partial charge in [-0.25, -0.2) is 4.39 Å². The minimum Gasteiger partial charge on any atom is -0.383 e. The van der Waals surface area contributed by atoms with Gasteiger partial charge >= 0.3 is 0 Å². The lowest BCUT2D eigenvalue weighted by molar-refractivity contribution is 0.204. The second-order valence-electron chi connectivity index (χ2n) is 3.00. The summed E-state index contributed by atoms with van der Waals surface area (Å²) in [6.07, 6.45) is 0. The average molecular weight is 307 g/mol. The highest BCUT2D eigenvalue weighted by Gasteiger charge is 2.02. The Hall–Kier alpha value is -0.720. The van der Waals surface area contributed by atoms with Crippen molar-refractivity contribution in [2.45, 2.75) is 0 Å². The van der Waals surface area contributed by atoms with Gasteiger partial charge in [0.25, 0.3) is 0 Å². The van der Waals surface area contributed by atoms with E-state index in [2.05, 4.69) is 26.6 Å². The zero-order chi connectivity index (χ0) is 12.0. The fraction of sp³-hybridized carbons (Fsp3) is 0.300. The van der Waals surface area contributed by atoms with Crippen molar-refractivity contribution in [3.63, 3.8) is 0 Å². The Morgan fingerprint density at radius 2 is 2.31 bits per heavy atom. The molecule has 0 aromatic heterocycles. The summed E-state index contributed by atoms with van der Waals surface area (Å²) >= 11 is 8.29. The van der Waals surface area contributed by atoms with Gasteiger partial charge < -0.3 is 15.4 Å². The van der Waals surface area contributed by atoms with Crippen molar-refractivity contribution in [3.8, 4) is 0 Å². The standard InChI is InChI=1S/C10H12BrFN2OS/c1-15-5-4-13-10(16)14-9-3-2-7(12)6-8(9)11/h2-3,6H,4-5H2,1H3,(H2,13,14,16).